The number of rotatable bonds is 65. The van der Waals surface area contributed by atoms with Gasteiger partial charge < -0.3 is 14.2 Å². The Labute approximate surface area is 486 Å². The summed E-state index contributed by atoms with van der Waals surface area (Å²) < 4.78 is 16.9. The Kier molecular flexibility index (Phi) is 65.1. The minimum atomic E-state index is -0.767. The maximum absolute atomic E-state index is 12.9. The Hall–Kier alpha value is -2.37. The van der Waals surface area contributed by atoms with Crippen LogP contribution in [-0.4, -0.2) is 37.2 Å². The van der Waals surface area contributed by atoms with Crippen molar-refractivity contribution >= 4 is 17.9 Å². The second kappa shape index (κ2) is 67.1. The minimum Gasteiger partial charge on any atom is -0.462 e. The van der Waals surface area contributed by atoms with Gasteiger partial charge in [-0.15, -0.1) is 0 Å². The summed E-state index contributed by atoms with van der Waals surface area (Å²) in [7, 11) is 0. The number of allylic oxidation sites excluding steroid dienone is 6. The van der Waals surface area contributed by atoms with E-state index < -0.39 is 6.10 Å². The number of carbonyl (C=O) groups is 3. The summed E-state index contributed by atoms with van der Waals surface area (Å²) in [6.07, 6.45) is 83.3. The second-order valence-electron chi connectivity index (χ2n) is 23.8. The summed E-state index contributed by atoms with van der Waals surface area (Å²) in [5.41, 5.74) is 0. The molecule has 0 amide bonds. The van der Waals surface area contributed by atoms with E-state index in [1.54, 1.807) is 0 Å². The van der Waals surface area contributed by atoms with Gasteiger partial charge in [0.25, 0.3) is 0 Å². The standard InChI is InChI=1S/C72H134O6/c1-4-7-10-13-16-19-22-24-26-28-30-31-32-33-34-35-36-37-38-39-40-41-43-44-46-48-50-53-56-59-62-65-71(74)77-68-69(67-76-70(73)64-61-58-55-52-21-18-15-12-9-6-3)78-72(75)66-63-60-57-54-51-49-47-45-42-29-27-25-23-20-17-14-11-8-5-2/h22,24,28,30,32-33,69H,4-21,23,25-27,29,31,34-68H2,1-3H3/b24-22-,30-28-,33-32-. The van der Waals surface area contributed by atoms with Crippen molar-refractivity contribution in [3.63, 3.8) is 0 Å². The van der Waals surface area contributed by atoms with Crippen LogP contribution in [0.15, 0.2) is 36.5 Å². The summed E-state index contributed by atoms with van der Waals surface area (Å²) in [5.74, 6) is -0.838. The molecule has 0 aromatic rings. The maximum Gasteiger partial charge on any atom is 0.306 e. The smallest absolute Gasteiger partial charge is 0.306 e. The summed E-state index contributed by atoms with van der Waals surface area (Å²) in [6, 6.07) is 0. The Morgan fingerprint density at radius 3 is 0.718 bits per heavy atom. The zero-order valence-electron chi connectivity index (χ0n) is 52.7. The van der Waals surface area contributed by atoms with Crippen LogP contribution in [0.1, 0.15) is 387 Å². The lowest BCUT2D eigenvalue weighted by Crippen LogP contribution is -2.30. The molecule has 0 aromatic carbocycles. The van der Waals surface area contributed by atoms with E-state index in [9.17, 15) is 14.4 Å². The summed E-state index contributed by atoms with van der Waals surface area (Å²) in [6.45, 7) is 6.69. The number of hydrogen-bond acceptors (Lipinski definition) is 6. The van der Waals surface area contributed by atoms with Gasteiger partial charge in [-0.1, -0.05) is 346 Å². The van der Waals surface area contributed by atoms with E-state index in [1.165, 1.54) is 276 Å². The predicted octanol–water partition coefficient (Wildman–Crippen LogP) is 23.9. The van der Waals surface area contributed by atoms with Gasteiger partial charge in [0.05, 0.1) is 0 Å². The van der Waals surface area contributed by atoms with E-state index in [-0.39, 0.29) is 31.1 Å². The van der Waals surface area contributed by atoms with Gasteiger partial charge in [-0.25, -0.2) is 0 Å². The van der Waals surface area contributed by atoms with Crippen molar-refractivity contribution in [2.24, 2.45) is 0 Å². The van der Waals surface area contributed by atoms with Gasteiger partial charge in [0.1, 0.15) is 13.2 Å². The molecule has 0 aliphatic rings. The van der Waals surface area contributed by atoms with E-state index in [1.807, 2.05) is 0 Å². The van der Waals surface area contributed by atoms with Gasteiger partial charge >= 0.3 is 17.9 Å². The summed E-state index contributed by atoms with van der Waals surface area (Å²) in [5, 5.41) is 0. The van der Waals surface area contributed by atoms with E-state index in [2.05, 4.69) is 57.2 Å². The summed E-state index contributed by atoms with van der Waals surface area (Å²) in [4.78, 5) is 38.3. The molecule has 0 aliphatic carbocycles. The van der Waals surface area contributed by atoms with Crippen LogP contribution in [0.25, 0.3) is 0 Å². The third-order valence-corrected chi connectivity index (χ3v) is 15.9. The third-order valence-electron chi connectivity index (χ3n) is 15.9. The van der Waals surface area contributed by atoms with Crippen LogP contribution in [-0.2, 0) is 28.6 Å². The van der Waals surface area contributed by atoms with E-state index in [0.717, 1.165) is 70.6 Å². The average Bonchev–Trinajstić information content (AvgIpc) is 3.44. The molecular formula is C72H134O6. The fourth-order valence-corrected chi connectivity index (χ4v) is 10.6. The largest absolute Gasteiger partial charge is 0.462 e. The quantitative estimate of drug-likeness (QED) is 0.0261. The fraction of sp³-hybridized carbons (Fsp3) is 0.875. The first-order chi connectivity index (χ1) is 38.5. The third kappa shape index (κ3) is 64.5. The predicted molar refractivity (Wildman–Crippen MR) is 339 cm³/mol. The van der Waals surface area contributed by atoms with Crippen molar-refractivity contribution in [2.75, 3.05) is 13.2 Å². The number of ether oxygens (including phenoxy) is 3. The maximum atomic E-state index is 12.9. The first-order valence-electron chi connectivity index (χ1n) is 35.0. The zero-order valence-corrected chi connectivity index (χ0v) is 52.7. The lowest BCUT2D eigenvalue weighted by atomic mass is 10.0. The molecule has 0 heterocycles. The number of hydrogen-bond donors (Lipinski definition) is 0. The van der Waals surface area contributed by atoms with Crippen LogP contribution in [0.5, 0.6) is 0 Å². The molecule has 6 nitrogen and oxygen atoms in total. The number of esters is 3. The molecule has 0 saturated heterocycles. The SMILES string of the molecule is CCCCCCC/C=C\C/C=C\C/C=C\CCCCCCCCCCCCCCCCCCC(=O)OCC(COC(=O)CCCCCCCCCCCC)OC(=O)CCCCCCCCCCCCCCCCCCCCC. The lowest BCUT2D eigenvalue weighted by Gasteiger charge is -2.18. The van der Waals surface area contributed by atoms with E-state index in [4.69, 9.17) is 14.2 Å². The monoisotopic (exact) mass is 1100 g/mol. The molecule has 0 fully saturated rings. The molecule has 0 aromatic heterocycles. The average molecular weight is 1100 g/mol. The molecule has 6 heteroatoms. The van der Waals surface area contributed by atoms with Crippen LogP contribution >= 0.6 is 0 Å². The Bertz CT molecular complexity index is 1300. The minimum absolute atomic E-state index is 0.0651. The van der Waals surface area contributed by atoms with Crippen LogP contribution < -0.4 is 0 Å². The number of unbranched alkanes of at least 4 members (excludes halogenated alkanes) is 48. The Morgan fingerprint density at radius 1 is 0.256 bits per heavy atom. The topological polar surface area (TPSA) is 78.9 Å². The highest BCUT2D eigenvalue weighted by atomic mass is 16.6. The molecule has 458 valence electrons. The highest BCUT2D eigenvalue weighted by molar-refractivity contribution is 5.71. The van der Waals surface area contributed by atoms with Crippen molar-refractivity contribution in [1.29, 1.82) is 0 Å². The van der Waals surface area contributed by atoms with Crippen molar-refractivity contribution in [2.45, 2.75) is 393 Å². The van der Waals surface area contributed by atoms with Gasteiger partial charge in [0, 0.05) is 19.3 Å². The second-order valence-corrected chi connectivity index (χ2v) is 23.8. The molecular weight excluding hydrogens is 961 g/mol. The van der Waals surface area contributed by atoms with Crippen LogP contribution in [0.3, 0.4) is 0 Å². The van der Waals surface area contributed by atoms with E-state index in [0.29, 0.717) is 19.3 Å². The van der Waals surface area contributed by atoms with Crippen LogP contribution in [0.4, 0.5) is 0 Å². The normalized spacial score (nSPS) is 12.2. The molecule has 0 radical (unpaired) electrons. The highest BCUT2D eigenvalue weighted by Crippen LogP contribution is 2.18. The molecule has 1 unspecified atom stereocenters. The van der Waals surface area contributed by atoms with Gasteiger partial charge in [-0.2, -0.15) is 0 Å². The molecule has 1 atom stereocenters. The molecule has 0 bridgehead atoms. The van der Waals surface area contributed by atoms with Gasteiger partial charge in [-0.05, 0) is 57.8 Å². The molecule has 0 spiro atoms. The van der Waals surface area contributed by atoms with Gasteiger partial charge in [0.15, 0.2) is 6.10 Å². The van der Waals surface area contributed by atoms with Crippen LogP contribution in [0, 0.1) is 0 Å². The Morgan fingerprint density at radius 2 is 0.462 bits per heavy atom. The van der Waals surface area contributed by atoms with Gasteiger partial charge in [-0.3, -0.25) is 14.4 Å². The first-order valence-corrected chi connectivity index (χ1v) is 35.0. The Balaban J connectivity index is 4.10. The van der Waals surface area contributed by atoms with Crippen molar-refractivity contribution in [3.8, 4) is 0 Å². The molecule has 0 rings (SSSR count). The van der Waals surface area contributed by atoms with Crippen molar-refractivity contribution in [1.82, 2.24) is 0 Å². The molecule has 0 aliphatic heterocycles. The first kappa shape index (κ1) is 75.6. The molecule has 78 heavy (non-hydrogen) atoms. The molecule has 0 saturated carbocycles. The van der Waals surface area contributed by atoms with E-state index >= 15 is 0 Å². The zero-order chi connectivity index (χ0) is 56.4. The van der Waals surface area contributed by atoms with Crippen molar-refractivity contribution < 1.29 is 28.6 Å². The highest BCUT2D eigenvalue weighted by Gasteiger charge is 2.19. The van der Waals surface area contributed by atoms with Crippen LogP contribution in [0.2, 0.25) is 0 Å². The molecule has 0 N–H and O–H groups in total. The fourth-order valence-electron chi connectivity index (χ4n) is 10.6. The summed E-state index contributed by atoms with van der Waals surface area (Å²) >= 11 is 0. The van der Waals surface area contributed by atoms with Gasteiger partial charge in [0.2, 0.25) is 0 Å². The van der Waals surface area contributed by atoms with Crippen molar-refractivity contribution in [3.05, 3.63) is 36.5 Å². The lowest BCUT2D eigenvalue weighted by molar-refractivity contribution is -0.167. The number of carbonyl (C=O) groups excluding carboxylic acids is 3.